The van der Waals surface area contributed by atoms with Gasteiger partial charge >= 0.3 is 6.18 Å². The van der Waals surface area contributed by atoms with E-state index in [1.165, 1.54) is 12.1 Å². The SMILES string of the molecule is Cc1ccc(NC(=O)c2cccc(C(F)(F)F)c2)cc1NC(=O)c1ccc2ncccc2c1.O=[PH2]Cl. The van der Waals surface area contributed by atoms with E-state index in [-0.39, 0.29) is 11.5 Å². The zero-order valence-corrected chi connectivity index (χ0v) is 20.7. The van der Waals surface area contributed by atoms with Gasteiger partial charge in [-0.2, -0.15) is 13.2 Å². The molecule has 2 amide bonds. The minimum Gasteiger partial charge on any atom is -0.322 e. The van der Waals surface area contributed by atoms with Crippen molar-refractivity contribution in [1.82, 2.24) is 4.98 Å². The van der Waals surface area contributed by atoms with Gasteiger partial charge in [0.15, 0.2) is 0 Å². The summed E-state index contributed by atoms with van der Waals surface area (Å²) in [7, 11) is -1.03. The summed E-state index contributed by atoms with van der Waals surface area (Å²) in [6.07, 6.45) is -2.87. The van der Waals surface area contributed by atoms with Crippen molar-refractivity contribution in [3.05, 3.63) is 101 Å². The van der Waals surface area contributed by atoms with Gasteiger partial charge in [0.05, 0.1) is 11.1 Å². The maximum absolute atomic E-state index is 12.9. The minimum absolute atomic E-state index is 0.124. The fraction of sp³-hybridized carbons (Fsp3) is 0.0800. The molecule has 36 heavy (non-hydrogen) atoms. The number of nitrogens with zero attached hydrogens (tertiary/aromatic N) is 1. The Morgan fingerprint density at radius 3 is 2.31 bits per heavy atom. The van der Waals surface area contributed by atoms with Crippen LogP contribution in [0.1, 0.15) is 31.8 Å². The van der Waals surface area contributed by atoms with Gasteiger partial charge in [0.25, 0.3) is 11.8 Å². The van der Waals surface area contributed by atoms with Crippen molar-refractivity contribution >= 4 is 53.1 Å². The smallest absolute Gasteiger partial charge is 0.322 e. The monoisotopic (exact) mass is 533 g/mol. The normalized spacial score (nSPS) is 11.1. The number of hydrogen-bond acceptors (Lipinski definition) is 4. The van der Waals surface area contributed by atoms with Crippen molar-refractivity contribution in [2.75, 3.05) is 10.6 Å². The zero-order valence-electron chi connectivity index (χ0n) is 18.8. The van der Waals surface area contributed by atoms with E-state index in [9.17, 15) is 22.8 Å². The molecule has 3 aromatic carbocycles. The van der Waals surface area contributed by atoms with Crippen molar-refractivity contribution in [3.63, 3.8) is 0 Å². The van der Waals surface area contributed by atoms with Gasteiger partial charge in [-0.1, -0.05) is 29.4 Å². The molecule has 0 aliphatic rings. The van der Waals surface area contributed by atoms with Crippen molar-refractivity contribution in [3.8, 4) is 0 Å². The molecule has 1 aromatic heterocycles. The molecule has 4 aromatic rings. The molecular weight excluding hydrogens is 514 g/mol. The van der Waals surface area contributed by atoms with Crippen LogP contribution in [0.4, 0.5) is 24.5 Å². The topological polar surface area (TPSA) is 88.2 Å². The number of aromatic nitrogens is 1. The lowest BCUT2D eigenvalue weighted by Gasteiger charge is -2.13. The van der Waals surface area contributed by atoms with Gasteiger partial charge in [0, 0.05) is 34.1 Å². The predicted molar refractivity (Wildman–Crippen MR) is 137 cm³/mol. The van der Waals surface area contributed by atoms with Crippen LogP contribution in [0.5, 0.6) is 0 Å². The number of fused-ring (bicyclic) bond motifs is 1. The van der Waals surface area contributed by atoms with Crippen LogP contribution in [-0.2, 0) is 10.7 Å². The summed E-state index contributed by atoms with van der Waals surface area (Å²) in [6.45, 7) is 1.79. The van der Waals surface area contributed by atoms with Crippen LogP contribution in [0.3, 0.4) is 0 Å². The minimum atomic E-state index is -4.55. The third-order valence-corrected chi connectivity index (χ3v) is 5.06. The van der Waals surface area contributed by atoms with Crippen molar-refractivity contribution in [2.24, 2.45) is 0 Å². The van der Waals surface area contributed by atoms with Gasteiger partial charge in [-0.3, -0.25) is 14.6 Å². The van der Waals surface area contributed by atoms with Crippen LogP contribution in [0.2, 0.25) is 0 Å². The van der Waals surface area contributed by atoms with Crippen LogP contribution < -0.4 is 10.6 Å². The number of anilines is 2. The van der Waals surface area contributed by atoms with E-state index >= 15 is 0 Å². The number of hydrogen-bond donors (Lipinski definition) is 2. The van der Waals surface area contributed by atoms with Crippen LogP contribution in [0.25, 0.3) is 10.9 Å². The van der Waals surface area contributed by atoms with E-state index in [0.29, 0.717) is 16.9 Å². The molecule has 0 aliphatic heterocycles. The van der Waals surface area contributed by atoms with Crippen molar-refractivity contribution in [2.45, 2.75) is 13.1 Å². The van der Waals surface area contributed by atoms with Crippen LogP contribution in [0.15, 0.2) is 79.0 Å². The molecule has 1 heterocycles. The maximum Gasteiger partial charge on any atom is 0.416 e. The Kier molecular flexibility index (Phi) is 8.85. The maximum atomic E-state index is 12.9. The fourth-order valence-electron chi connectivity index (χ4n) is 3.29. The van der Waals surface area contributed by atoms with E-state index < -0.39 is 25.5 Å². The first kappa shape index (κ1) is 26.9. The molecule has 0 spiro atoms. The van der Waals surface area contributed by atoms with Crippen molar-refractivity contribution < 1.29 is 27.3 Å². The number of benzene rings is 3. The summed E-state index contributed by atoms with van der Waals surface area (Å²) < 4.78 is 47.6. The quantitative estimate of drug-likeness (QED) is 0.277. The number of pyridine rings is 1. The Hall–Kier alpha value is -3.68. The second-order valence-electron chi connectivity index (χ2n) is 7.52. The van der Waals surface area contributed by atoms with E-state index in [0.717, 1.165) is 28.6 Å². The Bertz CT molecular complexity index is 1430. The highest BCUT2D eigenvalue weighted by molar-refractivity contribution is 7.57. The van der Waals surface area contributed by atoms with Crippen LogP contribution in [0, 0.1) is 6.92 Å². The first-order valence-corrected chi connectivity index (χ1v) is 12.6. The standard InChI is InChI=1S/C25H18F3N3O2.ClH2OP/c1-15-7-9-20(30-23(32)17-4-2-6-19(13-17)25(26,27)28)14-22(15)31-24(33)18-8-10-21-16(12-18)5-3-11-29-21;1-3-2/h2-14H,1H3,(H,30,32)(H,31,33);3H2. The first-order chi connectivity index (χ1) is 17.1. The molecule has 0 saturated heterocycles. The third-order valence-electron chi connectivity index (χ3n) is 5.06. The summed E-state index contributed by atoms with van der Waals surface area (Å²) in [5.41, 5.74) is 1.73. The van der Waals surface area contributed by atoms with Crippen LogP contribution >= 0.6 is 19.1 Å². The Labute approximate surface area is 210 Å². The highest BCUT2D eigenvalue weighted by atomic mass is 35.7. The summed E-state index contributed by atoms with van der Waals surface area (Å²) >= 11 is 4.53. The summed E-state index contributed by atoms with van der Waals surface area (Å²) in [5.74, 6) is -1.03. The molecule has 1 unspecified atom stereocenters. The molecule has 4 rings (SSSR count). The van der Waals surface area contributed by atoms with Crippen molar-refractivity contribution in [1.29, 1.82) is 0 Å². The van der Waals surface area contributed by atoms with Gasteiger partial charge in [-0.15, -0.1) is 0 Å². The number of amides is 2. The summed E-state index contributed by atoms with van der Waals surface area (Å²) in [6, 6.07) is 17.8. The van der Waals surface area contributed by atoms with E-state index in [2.05, 4.69) is 26.9 Å². The highest BCUT2D eigenvalue weighted by Gasteiger charge is 2.30. The molecule has 0 saturated carbocycles. The average Bonchev–Trinajstić information content (AvgIpc) is 2.85. The third kappa shape index (κ3) is 6.93. The molecular formula is C25H20ClF3N3O3P. The number of alkyl halides is 3. The fourth-order valence-corrected chi connectivity index (χ4v) is 3.29. The zero-order chi connectivity index (χ0) is 26.3. The van der Waals surface area contributed by atoms with Gasteiger partial charge in [0.1, 0.15) is 7.81 Å². The molecule has 0 aliphatic carbocycles. The van der Waals surface area contributed by atoms with Gasteiger partial charge in [0.2, 0.25) is 0 Å². The lowest BCUT2D eigenvalue weighted by atomic mass is 10.1. The lowest BCUT2D eigenvalue weighted by Crippen LogP contribution is -2.15. The Morgan fingerprint density at radius 2 is 1.58 bits per heavy atom. The average molecular weight is 534 g/mol. The Morgan fingerprint density at radius 1 is 0.889 bits per heavy atom. The number of rotatable bonds is 4. The summed E-state index contributed by atoms with van der Waals surface area (Å²) in [4.78, 5) is 29.5. The molecule has 0 bridgehead atoms. The van der Waals surface area contributed by atoms with E-state index in [1.54, 1.807) is 55.6 Å². The molecule has 11 heteroatoms. The molecule has 186 valence electrons. The second-order valence-corrected chi connectivity index (χ2v) is 8.23. The molecule has 1 atom stereocenters. The Balaban J connectivity index is 0.00000115. The number of halogens is 4. The molecule has 6 nitrogen and oxygen atoms in total. The second kappa shape index (κ2) is 11.8. The summed E-state index contributed by atoms with van der Waals surface area (Å²) in [5, 5.41) is 6.21. The lowest BCUT2D eigenvalue weighted by molar-refractivity contribution is -0.137. The predicted octanol–water partition coefficient (Wildman–Crippen LogP) is 6.96. The molecule has 0 fully saturated rings. The van der Waals surface area contributed by atoms with Crippen LogP contribution in [-0.4, -0.2) is 16.8 Å². The van der Waals surface area contributed by atoms with E-state index in [1.807, 2.05) is 6.07 Å². The largest absolute Gasteiger partial charge is 0.416 e. The number of aryl methyl sites for hydroxylation is 1. The first-order valence-electron chi connectivity index (χ1n) is 10.4. The molecule has 0 radical (unpaired) electrons. The van der Waals surface area contributed by atoms with E-state index in [4.69, 9.17) is 4.57 Å². The number of carbonyl (C=O) groups excluding carboxylic acids is 2. The van der Waals surface area contributed by atoms with Gasteiger partial charge < -0.3 is 15.2 Å². The molecule has 2 N–H and O–H groups in total. The highest BCUT2D eigenvalue weighted by Crippen LogP contribution is 2.30. The van der Waals surface area contributed by atoms with Gasteiger partial charge in [-0.05, 0) is 67.1 Å². The number of carbonyl (C=O) groups is 2. The van der Waals surface area contributed by atoms with Gasteiger partial charge in [-0.25, -0.2) is 0 Å². The number of nitrogens with one attached hydrogen (secondary N) is 2.